The van der Waals surface area contributed by atoms with Gasteiger partial charge in [0, 0.05) is 5.38 Å². The van der Waals surface area contributed by atoms with Gasteiger partial charge in [-0.1, -0.05) is 48.5 Å². The third-order valence-corrected chi connectivity index (χ3v) is 4.59. The van der Waals surface area contributed by atoms with Crippen LogP contribution in [0.4, 0.5) is 0 Å². The first-order chi connectivity index (χ1) is 12.2. The molecule has 3 rings (SSSR count). The monoisotopic (exact) mass is 352 g/mol. The minimum Gasteiger partial charge on any atom is -0.486 e. The zero-order chi connectivity index (χ0) is 17.5. The van der Waals surface area contributed by atoms with Crippen LogP contribution in [-0.4, -0.2) is 10.9 Å². The first-order valence-electron chi connectivity index (χ1n) is 8.16. The zero-order valence-electron chi connectivity index (χ0n) is 14.0. The van der Waals surface area contributed by atoms with Crippen molar-refractivity contribution < 1.29 is 9.53 Å². The lowest BCUT2D eigenvalue weighted by Gasteiger charge is -2.13. The molecule has 0 aliphatic heterocycles. The Bertz CT molecular complexity index is 803. The van der Waals surface area contributed by atoms with Gasteiger partial charge < -0.3 is 10.1 Å². The molecule has 0 aliphatic carbocycles. The number of para-hydroxylation sites is 1. The van der Waals surface area contributed by atoms with Crippen molar-refractivity contribution in [3.8, 4) is 5.75 Å². The summed E-state index contributed by atoms with van der Waals surface area (Å²) >= 11 is 1.51. The van der Waals surface area contributed by atoms with Gasteiger partial charge in [0.15, 0.2) is 0 Å². The fourth-order valence-corrected chi connectivity index (χ4v) is 3.15. The van der Waals surface area contributed by atoms with E-state index in [-0.39, 0.29) is 18.4 Å². The van der Waals surface area contributed by atoms with Crippen molar-refractivity contribution in [1.82, 2.24) is 10.3 Å². The predicted molar refractivity (Wildman–Crippen MR) is 99.6 cm³/mol. The number of aromatic nitrogens is 1. The van der Waals surface area contributed by atoms with E-state index in [1.54, 1.807) is 0 Å². The lowest BCUT2D eigenvalue weighted by molar-refractivity contribution is -0.121. The van der Waals surface area contributed by atoms with Crippen LogP contribution in [0.2, 0.25) is 0 Å². The molecule has 0 aliphatic rings. The minimum absolute atomic E-state index is 0.0202. The molecule has 0 unspecified atom stereocenters. The first kappa shape index (κ1) is 17.2. The van der Waals surface area contributed by atoms with Crippen molar-refractivity contribution >= 4 is 17.2 Å². The molecule has 1 amide bonds. The van der Waals surface area contributed by atoms with E-state index in [1.807, 2.05) is 73.0 Å². The van der Waals surface area contributed by atoms with Gasteiger partial charge >= 0.3 is 0 Å². The molecule has 4 nitrogen and oxygen atoms in total. The van der Waals surface area contributed by atoms with Crippen LogP contribution in [0.25, 0.3) is 0 Å². The van der Waals surface area contributed by atoms with E-state index in [0.29, 0.717) is 6.61 Å². The van der Waals surface area contributed by atoms with Crippen LogP contribution < -0.4 is 10.1 Å². The van der Waals surface area contributed by atoms with Crippen molar-refractivity contribution in [1.29, 1.82) is 0 Å². The number of hydrogen-bond acceptors (Lipinski definition) is 4. The highest BCUT2D eigenvalue weighted by atomic mass is 32.1. The molecule has 0 fully saturated rings. The quantitative estimate of drug-likeness (QED) is 0.695. The molecule has 128 valence electrons. The van der Waals surface area contributed by atoms with Gasteiger partial charge in [-0.15, -0.1) is 11.3 Å². The fourth-order valence-electron chi connectivity index (χ4n) is 2.44. The maximum atomic E-state index is 12.2. The van der Waals surface area contributed by atoms with Crippen molar-refractivity contribution in [2.45, 2.75) is 26.0 Å². The highest BCUT2D eigenvalue weighted by Crippen LogP contribution is 2.16. The maximum absolute atomic E-state index is 12.2. The van der Waals surface area contributed by atoms with Gasteiger partial charge in [0.2, 0.25) is 5.91 Å². The standard InChI is InChI=1S/C20H20N2O2S/c1-15(16-8-4-2-5-9-16)21-19(23)12-17-14-25-20(22-17)13-24-18-10-6-3-7-11-18/h2-11,14-15H,12-13H2,1H3,(H,21,23)/t15-/m0/s1. The molecule has 5 heteroatoms. The predicted octanol–water partition coefficient (Wildman–Crippen LogP) is 4.14. The highest BCUT2D eigenvalue weighted by Gasteiger charge is 2.12. The van der Waals surface area contributed by atoms with E-state index >= 15 is 0 Å². The third kappa shape index (κ3) is 5.16. The summed E-state index contributed by atoms with van der Waals surface area (Å²) in [5.41, 5.74) is 1.86. The molecule has 1 atom stereocenters. The van der Waals surface area contributed by atoms with E-state index < -0.39 is 0 Å². The second kappa shape index (κ2) is 8.44. The number of thiazole rings is 1. The van der Waals surface area contributed by atoms with E-state index in [1.165, 1.54) is 11.3 Å². The summed E-state index contributed by atoms with van der Waals surface area (Å²) < 4.78 is 5.68. The largest absolute Gasteiger partial charge is 0.486 e. The molecule has 0 radical (unpaired) electrons. The number of ether oxygens (including phenoxy) is 1. The number of nitrogens with one attached hydrogen (secondary N) is 1. The average molecular weight is 352 g/mol. The Labute approximate surface area is 151 Å². The molecule has 2 aromatic carbocycles. The van der Waals surface area contributed by atoms with Gasteiger partial charge in [0.25, 0.3) is 0 Å². The number of hydrogen-bond donors (Lipinski definition) is 1. The van der Waals surface area contributed by atoms with Gasteiger partial charge in [-0.05, 0) is 24.6 Å². The second-order valence-electron chi connectivity index (χ2n) is 5.71. The number of carbonyl (C=O) groups excluding carboxylic acids is 1. The van der Waals surface area contributed by atoms with Crippen LogP contribution in [0.1, 0.15) is 29.2 Å². The van der Waals surface area contributed by atoms with Crippen LogP contribution in [0.5, 0.6) is 5.75 Å². The Morgan fingerprint density at radius 2 is 1.80 bits per heavy atom. The Morgan fingerprint density at radius 3 is 2.52 bits per heavy atom. The molecule has 3 aromatic rings. The molecule has 25 heavy (non-hydrogen) atoms. The topological polar surface area (TPSA) is 51.2 Å². The van der Waals surface area contributed by atoms with Crippen LogP contribution in [-0.2, 0) is 17.8 Å². The fraction of sp³-hybridized carbons (Fsp3) is 0.200. The Balaban J connectivity index is 1.50. The number of amides is 1. The minimum atomic E-state index is -0.0304. The summed E-state index contributed by atoms with van der Waals surface area (Å²) in [5.74, 6) is 0.783. The van der Waals surface area contributed by atoms with Crippen molar-refractivity contribution in [2.24, 2.45) is 0 Å². The molecule has 1 N–H and O–H groups in total. The molecule has 0 bridgehead atoms. The van der Waals surface area contributed by atoms with Crippen LogP contribution in [0, 0.1) is 0 Å². The van der Waals surface area contributed by atoms with Gasteiger partial charge in [-0.2, -0.15) is 0 Å². The molecule has 1 heterocycles. The summed E-state index contributed by atoms with van der Waals surface area (Å²) in [5, 5.41) is 5.78. The summed E-state index contributed by atoms with van der Waals surface area (Å²) in [6, 6.07) is 19.5. The summed E-state index contributed by atoms with van der Waals surface area (Å²) in [6.45, 7) is 2.39. The zero-order valence-corrected chi connectivity index (χ0v) is 14.8. The molecule has 0 saturated heterocycles. The number of nitrogens with zero attached hydrogens (tertiary/aromatic N) is 1. The number of carbonyl (C=O) groups is 1. The van der Waals surface area contributed by atoms with Crippen molar-refractivity contribution in [3.05, 3.63) is 82.3 Å². The van der Waals surface area contributed by atoms with Gasteiger partial charge in [-0.25, -0.2) is 4.98 Å². The van der Waals surface area contributed by atoms with Crippen LogP contribution >= 0.6 is 11.3 Å². The normalized spacial score (nSPS) is 11.7. The Hall–Kier alpha value is -2.66. The van der Waals surface area contributed by atoms with E-state index in [9.17, 15) is 4.79 Å². The lowest BCUT2D eigenvalue weighted by Crippen LogP contribution is -2.28. The van der Waals surface area contributed by atoms with E-state index in [4.69, 9.17) is 4.74 Å². The molecule has 0 saturated carbocycles. The summed E-state index contributed by atoms with van der Waals surface area (Å²) in [7, 11) is 0. The van der Waals surface area contributed by atoms with E-state index in [2.05, 4.69) is 10.3 Å². The van der Waals surface area contributed by atoms with Gasteiger partial charge in [0.1, 0.15) is 17.4 Å². The Kier molecular flexibility index (Phi) is 5.80. The lowest BCUT2D eigenvalue weighted by atomic mass is 10.1. The average Bonchev–Trinajstić information content (AvgIpc) is 3.08. The SMILES string of the molecule is C[C@H](NC(=O)Cc1csc(COc2ccccc2)n1)c1ccccc1. The van der Waals surface area contributed by atoms with Gasteiger partial charge in [-0.3, -0.25) is 4.79 Å². The highest BCUT2D eigenvalue weighted by molar-refractivity contribution is 7.09. The van der Waals surface area contributed by atoms with E-state index in [0.717, 1.165) is 22.0 Å². The van der Waals surface area contributed by atoms with Crippen molar-refractivity contribution in [2.75, 3.05) is 0 Å². The molecular weight excluding hydrogens is 332 g/mol. The Morgan fingerprint density at radius 1 is 1.12 bits per heavy atom. The smallest absolute Gasteiger partial charge is 0.226 e. The second-order valence-corrected chi connectivity index (χ2v) is 6.65. The molecular formula is C20H20N2O2S. The van der Waals surface area contributed by atoms with Crippen LogP contribution in [0.3, 0.4) is 0 Å². The van der Waals surface area contributed by atoms with Gasteiger partial charge in [0.05, 0.1) is 18.2 Å². The first-order valence-corrected chi connectivity index (χ1v) is 9.04. The third-order valence-electron chi connectivity index (χ3n) is 3.72. The summed E-state index contributed by atoms with van der Waals surface area (Å²) in [4.78, 5) is 16.7. The molecule has 1 aromatic heterocycles. The number of benzene rings is 2. The van der Waals surface area contributed by atoms with Crippen LogP contribution in [0.15, 0.2) is 66.0 Å². The summed E-state index contributed by atoms with van der Waals surface area (Å²) in [6.07, 6.45) is 0.277. The van der Waals surface area contributed by atoms with Crippen molar-refractivity contribution in [3.63, 3.8) is 0 Å². The number of rotatable bonds is 7. The molecule has 0 spiro atoms. The maximum Gasteiger partial charge on any atom is 0.226 e.